The molecule has 0 atom stereocenters. The summed E-state index contributed by atoms with van der Waals surface area (Å²) < 4.78 is 36.1. The second-order valence-electron chi connectivity index (χ2n) is 3.28. The van der Waals surface area contributed by atoms with Crippen molar-refractivity contribution < 1.29 is 18.0 Å². The van der Waals surface area contributed by atoms with Crippen molar-refractivity contribution in [1.29, 1.82) is 0 Å². The van der Waals surface area contributed by atoms with Gasteiger partial charge in [-0.2, -0.15) is 13.2 Å². The summed E-state index contributed by atoms with van der Waals surface area (Å²) in [5, 5.41) is 1.81. The summed E-state index contributed by atoms with van der Waals surface area (Å²) in [6, 6.07) is 4.90. The van der Waals surface area contributed by atoms with Crippen LogP contribution in [0.4, 0.5) is 13.2 Å². The van der Waals surface area contributed by atoms with Gasteiger partial charge in [-0.25, -0.2) is 0 Å². The zero-order chi connectivity index (χ0) is 12.3. The van der Waals surface area contributed by atoms with E-state index in [4.69, 9.17) is 0 Å². The first-order valence-electron chi connectivity index (χ1n) is 4.41. The topological polar surface area (TPSA) is 29.1 Å². The molecule has 2 nitrogen and oxygen atoms in total. The van der Waals surface area contributed by atoms with Crippen molar-refractivity contribution in [3.8, 4) is 0 Å². The number of carbonyl (C=O) groups is 1. The fraction of sp³-hybridized carbons (Fsp3) is 0.300. The van der Waals surface area contributed by atoms with E-state index in [1.807, 2.05) is 5.32 Å². The highest BCUT2D eigenvalue weighted by molar-refractivity contribution is 9.10. The molecule has 1 rings (SSSR count). The third kappa shape index (κ3) is 3.84. The summed E-state index contributed by atoms with van der Waals surface area (Å²) >= 11 is 3.11. The largest absolute Gasteiger partial charge is 0.405 e. The number of hydrogen-bond donors (Lipinski definition) is 1. The van der Waals surface area contributed by atoms with Crippen LogP contribution in [0.25, 0.3) is 0 Å². The molecule has 0 aliphatic rings. The van der Waals surface area contributed by atoms with Crippen LogP contribution in [0.15, 0.2) is 22.7 Å². The number of hydrogen-bond acceptors (Lipinski definition) is 1. The van der Waals surface area contributed by atoms with Gasteiger partial charge in [0.05, 0.1) is 5.56 Å². The lowest BCUT2D eigenvalue weighted by atomic mass is 10.1. The van der Waals surface area contributed by atoms with Crippen molar-refractivity contribution in [2.24, 2.45) is 0 Å². The minimum absolute atomic E-state index is 0.198. The summed E-state index contributed by atoms with van der Waals surface area (Å²) in [6.45, 7) is 0.430. The van der Waals surface area contributed by atoms with Gasteiger partial charge in [-0.15, -0.1) is 0 Å². The number of alkyl halides is 3. The lowest BCUT2D eigenvalue weighted by molar-refractivity contribution is -0.123. The summed E-state index contributed by atoms with van der Waals surface area (Å²) in [5.74, 6) is -0.743. The van der Waals surface area contributed by atoms with Gasteiger partial charge < -0.3 is 5.32 Å². The van der Waals surface area contributed by atoms with Gasteiger partial charge in [0.1, 0.15) is 6.54 Å². The van der Waals surface area contributed by atoms with Crippen LogP contribution in [-0.2, 0) is 0 Å². The van der Waals surface area contributed by atoms with Crippen molar-refractivity contribution in [1.82, 2.24) is 5.32 Å². The number of benzene rings is 1. The quantitative estimate of drug-likeness (QED) is 0.893. The first-order valence-corrected chi connectivity index (χ1v) is 5.20. The molecule has 0 radical (unpaired) electrons. The zero-order valence-corrected chi connectivity index (χ0v) is 9.95. The molecule has 1 N–H and O–H groups in total. The molecule has 6 heteroatoms. The molecule has 0 spiro atoms. The van der Waals surface area contributed by atoms with Crippen molar-refractivity contribution in [2.45, 2.75) is 13.1 Å². The average Bonchev–Trinajstić information content (AvgIpc) is 2.17. The highest BCUT2D eigenvalue weighted by Crippen LogP contribution is 2.19. The highest BCUT2D eigenvalue weighted by atomic mass is 79.9. The minimum atomic E-state index is -4.40. The molecule has 0 saturated heterocycles. The molecular weight excluding hydrogens is 287 g/mol. The van der Waals surface area contributed by atoms with Crippen LogP contribution in [0.5, 0.6) is 0 Å². The first kappa shape index (κ1) is 13.0. The summed E-state index contributed by atoms with van der Waals surface area (Å²) in [7, 11) is 0. The average molecular weight is 296 g/mol. The molecular formula is C10H9BrF3NO. The number of aryl methyl sites for hydroxylation is 1. The fourth-order valence-corrected chi connectivity index (χ4v) is 1.52. The monoisotopic (exact) mass is 295 g/mol. The molecule has 1 aromatic carbocycles. The molecule has 0 saturated carbocycles. The van der Waals surface area contributed by atoms with Crippen LogP contribution in [0.1, 0.15) is 15.9 Å². The van der Waals surface area contributed by atoms with E-state index in [1.54, 1.807) is 19.1 Å². The second kappa shape index (κ2) is 4.86. The van der Waals surface area contributed by atoms with E-state index in [2.05, 4.69) is 15.9 Å². The Labute approximate surface area is 99.0 Å². The molecule has 0 unspecified atom stereocenters. The zero-order valence-electron chi connectivity index (χ0n) is 8.36. The molecule has 0 fully saturated rings. The van der Waals surface area contributed by atoms with Crippen LogP contribution in [-0.4, -0.2) is 18.6 Å². The van der Waals surface area contributed by atoms with Gasteiger partial charge in [0.15, 0.2) is 0 Å². The highest BCUT2D eigenvalue weighted by Gasteiger charge is 2.28. The van der Waals surface area contributed by atoms with E-state index in [-0.39, 0.29) is 5.56 Å². The van der Waals surface area contributed by atoms with Crippen molar-refractivity contribution in [2.75, 3.05) is 6.54 Å². The van der Waals surface area contributed by atoms with E-state index < -0.39 is 18.6 Å². The molecule has 1 amide bonds. The van der Waals surface area contributed by atoms with Crippen molar-refractivity contribution >= 4 is 21.8 Å². The summed E-state index contributed by atoms with van der Waals surface area (Å²) in [6.07, 6.45) is -4.40. The van der Waals surface area contributed by atoms with Gasteiger partial charge in [0, 0.05) is 4.47 Å². The van der Waals surface area contributed by atoms with Gasteiger partial charge >= 0.3 is 6.18 Å². The smallest absolute Gasteiger partial charge is 0.343 e. The third-order valence-electron chi connectivity index (χ3n) is 1.82. The lowest BCUT2D eigenvalue weighted by Crippen LogP contribution is -2.33. The predicted molar refractivity (Wildman–Crippen MR) is 57.3 cm³/mol. The van der Waals surface area contributed by atoms with Crippen LogP contribution in [0.2, 0.25) is 0 Å². The van der Waals surface area contributed by atoms with E-state index in [0.717, 1.165) is 5.56 Å². The van der Waals surface area contributed by atoms with Crippen LogP contribution in [0, 0.1) is 6.92 Å². The number of amides is 1. The molecule has 88 valence electrons. The summed E-state index contributed by atoms with van der Waals surface area (Å²) in [5.41, 5.74) is 1.00. The van der Waals surface area contributed by atoms with Crippen LogP contribution in [0.3, 0.4) is 0 Å². The maximum atomic E-state index is 11.9. The van der Waals surface area contributed by atoms with Gasteiger partial charge in [-0.05, 0) is 35.0 Å². The van der Waals surface area contributed by atoms with E-state index in [0.29, 0.717) is 4.47 Å². The Hall–Kier alpha value is -1.04. The van der Waals surface area contributed by atoms with E-state index >= 15 is 0 Å². The Morgan fingerprint density at radius 1 is 1.44 bits per heavy atom. The van der Waals surface area contributed by atoms with E-state index in [1.165, 1.54) is 6.07 Å². The number of carbonyl (C=O) groups excluding carboxylic acids is 1. The Balaban J connectivity index is 2.77. The van der Waals surface area contributed by atoms with Crippen molar-refractivity contribution in [3.05, 3.63) is 33.8 Å². The maximum absolute atomic E-state index is 11.9. The second-order valence-corrected chi connectivity index (χ2v) is 4.14. The molecule has 1 aromatic rings. The molecule has 0 aromatic heterocycles. The molecule has 0 heterocycles. The van der Waals surface area contributed by atoms with E-state index in [9.17, 15) is 18.0 Å². The fourth-order valence-electron chi connectivity index (χ4n) is 1.09. The Morgan fingerprint density at radius 2 is 2.06 bits per heavy atom. The first-order chi connectivity index (χ1) is 7.29. The Kier molecular flexibility index (Phi) is 3.96. The molecule has 0 bridgehead atoms. The molecule has 0 aliphatic carbocycles. The normalized spacial score (nSPS) is 11.3. The standard InChI is InChI=1S/C10H9BrF3NO/c1-6-2-3-8(11)7(4-6)9(16)15-5-10(12,13)14/h2-4H,5H2,1H3,(H,15,16). The lowest BCUT2D eigenvalue weighted by Gasteiger charge is -2.09. The Morgan fingerprint density at radius 3 is 2.62 bits per heavy atom. The van der Waals surface area contributed by atoms with Crippen LogP contribution >= 0.6 is 15.9 Å². The molecule has 16 heavy (non-hydrogen) atoms. The number of rotatable bonds is 2. The SMILES string of the molecule is Cc1ccc(Br)c(C(=O)NCC(F)(F)F)c1. The van der Waals surface area contributed by atoms with Crippen molar-refractivity contribution in [3.63, 3.8) is 0 Å². The van der Waals surface area contributed by atoms with Gasteiger partial charge in [0.25, 0.3) is 5.91 Å². The minimum Gasteiger partial charge on any atom is -0.343 e. The van der Waals surface area contributed by atoms with Gasteiger partial charge in [-0.1, -0.05) is 11.6 Å². The third-order valence-corrected chi connectivity index (χ3v) is 2.51. The van der Waals surface area contributed by atoms with Gasteiger partial charge in [0.2, 0.25) is 0 Å². The van der Waals surface area contributed by atoms with Crippen LogP contribution < -0.4 is 5.32 Å². The number of halogens is 4. The number of nitrogens with one attached hydrogen (secondary N) is 1. The molecule has 0 aliphatic heterocycles. The predicted octanol–water partition coefficient (Wildman–Crippen LogP) is 3.05. The Bertz CT molecular complexity index is 404. The maximum Gasteiger partial charge on any atom is 0.405 e. The summed E-state index contributed by atoms with van der Waals surface area (Å²) in [4.78, 5) is 11.4. The van der Waals surface area contributed by atoms with Gasteiger partial charge in [-0.3, -0.25) is 4.79 Å².